The molecule has 154 valence electrons. The van der Waals surface area contributed by atoms with Crippen molar-refractivity contribution in [3.8, 4) is 0 Å². The molecule has 0 radical (unpaired) electrons. The van der Waals surface area contributed by atoms with Crippen LogP contribution in [0.4, 0.5) is 0 Å². The zero-order chi connectivity index (χ0) is 19.4. The molecule has 0 heterocycles. The van der Waals surface area contributed by atoms with Crippen LogP contribution in [-0.4, -0.2) is 12.1 Å². The van der Waals surface area contributed by atoms with Crippen LogP contribution in [0.5, 0.6) is 0 Å². The first-order valence-electron chi connectivity index (χ1n) is 12.0. The molecular weight excluding hydrogens is 362 g/mol. The van der Waals surface area contributed by atoms with Gasteiger partial charge in [0.25, 0.3) is 0 Å². The van der Waals surface area contributed by atoms with Crippen LogP contribution in [-0.2, 0) is 5.41 Å². The highest BCUT2D eigenvalue weighted by Gasteiger charge is 2.59. The summed E-state index contributed by atoms with van der Waals surface area (Å²) in [5.41, 5.74) is 2.52. The molecule has 5 fully saturated rings. The molecule has 0 aliphatic heterocycles. The first kappa shape index (κ1) is 19.4. The van der Waals surface area contributed by atoms with Gasteiger partial charge in [0.05, 0.1) is 0 Å². The lowest BCUT2D eigenvalue weighted by Gasteiger charge is -2.64. The summed E-state index contributed by atoms with van der Waals surface area (Å²) in [6.07, 6.45) is 15.7. The van der Waals surface area contributed by atoms with Gasteiger partial charge in [-0.2, -0.15) is 0 Å². The number of hydrogen-bond acceptors (Lipinski definition) is 1. The van der Waals surface area contributed by atoms with Crippen LogP contribution in [0.15, 0.2) is 24.3 Å². The fraction of sp³-hybridized carbons (Fsp3) is 0.769. The minimum atomic E-state index is 0.421. The van der Waals surface area contributed by atoms with Gasteiger partial charge in [0.2, 0.25) is 0 Å². The highest BCUT2D eigenvalue weighted by atomic mass is 35.5. The fourth-order valence-electron chi connectivity index (χ4n) is 8.25. The van der Waals surface area contributed by atoms with Crippen molar-refractivity contribution < 1.29 is 0 Å². The van der Waals surface area contributed by atoms with Crippen LogP contribution in [0.25, 0.3) is 0 Å². The van der Waals surface area contributed by atoms with Gasteiger partial charge in [-0.1, -0.05) is 37.1 Å². The Kier molecular flexibility index (Phi) is 5.07. The Hall–Kier alpha value is -0.530. The predicted molar refractivity (Wildman–Crippen MR) is 119 cm³/mol. The van der Waals surface area contributed by atoms with Gasteiger partial charge in [-0.25, -0.2) is 0 Å². The summed E-state index contributed by atoms with van der Waals surface area (Å²) in [6.45, 7) is 4.90. The molecule has 5 saturated carbocycles. The Morgan fingerprint density at radius 2 is 1.64 bits per heavy atom. The summed E-state index contributed by atoms with van der Waals surface area (Å²) >= 11 is 6.22. The quantitative estimate of drug-likeness (QED) is 0.555. The molecular formula is C26H38ClN. The molecule has 4 bridgehead atoms. The van der Waals surface area contributed by atoms with Gasteiger partial charge in [0.1, 0.15) is 0 Å². The second-order valence-electron chi connectivity index (χ2n) is 11.1. The summed E-state index contributed by atoms with van der Waals surface area (Å²) in [7, 11) is 0. The van der Waals surface area contributed by atoms with E-state index in [4.69, 9.17) is 11.6 Å². The molecule has 0 spiro atoms. The zero-order valence-corrected chi connectivity index (χ0v) is 18.6. The molecule has 5 aliphatic rings. The van der Waals surface area contributed by atoms with E-state index in [0.717, 1.165) is 28.8 Å². The molecule has 28 heavy (non-hydrogen) atoms. The van der Waals surface area contributed by atoms with E-state index < -0.39 is 0 Å². The summed E-state index contributed by atoms with van der Waals surface area (Å²) in [5, 5.41) is 5.05. The van der Waals surface area contributed by atoms with E-state index in [9.17, 15) is 0 Å². The standard InChI is InChI=1S/C26H38ClN/c1-3-19-4-10-24(11-5-19)28-18(2)25-13-20-12-21(14-25)16-26(15-20,17-25)22-6-8-23(27)9-7-22/h6-9,18-21,24,28H,3-5,10-17H2,1-2H3/t18-,19?,20-,21+,24?,25?,26?/m1/s1. The van der Waals surface area contributed by atoms with Crippen molar-refractivity contribution in [1.29, 1.82) is 0 Å². The van der Waals surface area contributed by atoms with Gasteiger partial charge in [0, 0.05) is 17.1 Å². The number of nitrogens with one attached hydrogen (secondary N) is 1. The highest BCUT2D eigenvalue weighted by Crippen LogP contribution is 2.66. The molecule has 5 atom stereocenters. The Labute approximate surface area is 177 Å². The summed E-state index contributed by atoms with van der Waals surface area (Å²) in [6, 6.07) is 10.3. The molecule has 0 aromatic heterocycles. The third-order valence-corrected chi connectivity index (χ3v) is 9.64. The normalized spacial score (nSPS) is 43.2. The topological polar surface area (TPSA) is 12.0 Å². The average Bonchev–Trinajstić information content (AvgIpc) is 2.68. The molecule has 1 aromatic rings. The van der Waals surface area contributed by atoms with Crippen LogP contribution in [0.1, 0.15) is 90.0 Å². The third-order valence-electron chi connectivity index (χ3n) is 9.39. The summed E-state index contributed by atoms with van der Waals surface area (Å²) in [5.74, 6) is 2.87. The minimum absolute atomic E-state index is 0.421. The van der Waals surface area contributed by atoms with Gasteiger partial charge >= 0.3 is 0 Å². The summed E-state index contributed by atoms with van der Waals surface area (Å²) in [4.78, 5) is 0. The van der Waals surface area contributed by atoms with Crippen molar-refractivity contribution in [2.45, 2.75) is 102 Å². The van der Waals surface area contributed by atoms with Gasteiger partial charge in [-0.05, 0) is 117 Å². The first-order chi connectivity index (χ1) is 13.5. The maximum absolute atomic E-state index is 6.22. The lowest BCUT2D eigenvalue weighted by Crippen LogP contribution is -2.61. The SMILES string of the molecule is CCC1CCC(N[C@H](C)C23C[C@@H]4C[C@@H](CC(c5ccc(Cl)cc5)(C4)C2)C3)CC1. The van der Waals surface area contributed by atoms with Crippen molar-refractivity contribution in [3.05, 3.63) is 34.9 Å². The van der Waals surface area contributed by atoms with Gasteiger partial charge in [-0.15, -0.1) is 0 Å². The molecule has 1 aromatic carbocycles. The van der Waals surface area contributed by atoms with E-state index in [2.05, 4.69) is 43.4 Å². The second kappa shape index (κ2) is 7.31. The lowest BCUT2D eigenvalue weighted by molar-refractivity contribution is -0.0902. The predicted octanol–water partition coefficient (Wildman–Crippen LogP) is 7.12. The molecule has 0 saturated heterocycles. The average molecular weight is 400 g/mol. The maximum Gasteiger partial charge on any atom is 0.0406 e. The molecule has 2 unspecified atom stereocenters. The van der Waals surface area contributed by atoms with E-state index in [0.29, 0.717) is 16.9 Å². The maximum atomic E-state index is 6.22. The number of rotatable bonds is 5. The van der Waals surface area contributed by atoms with E-state index in [1.165, 1.54) is 70.6 Å². The number of benzene rings is 1. The molecule has 6 rings (SSSR count). The smallest absolute Gasteiger partial charge is 0.0406 e. The van der Waals surface area contributed by atoms with Crippen molar-refractivity contribution in [3.63, 3.8) is 0 Å². The third kappa shape index (κ3) is 3.35. The Balaban J connectivity index is 1.35. The fourth-order valence-corrected chi connectivity index (χ4v) is 8.37. The number of halogens is 1. The van der Waals surface area contributed by atoms with Crippen LogP contribution in [0.2, 0.25) is 5.02 Å². The van der Waals surface area contributed by atoms with Gasteiger partial charge in [-0.3, -0.25) is 0 Å². The second-order valence-corrected chi connectivity index (χ2v) is 11.6. The zero-order valence-electron chi connectivity index (χ0n) is 17.9. The highest BCUT2D eigenvalue weighted by molar-refractivity contribution is 6.30. The van der Waals surface area contributed by atoms with Gasteiger partial charge in [0.15, 0.2) is 0 Å². The molecule has 0 amide bonds. The van der Waals surface area contributed by atoms with E-state index in [1.807, 2.05) is 0 Å². The lowest BCUT2D eigenvalue weighted by atomic mass is 9.41. The van der Waals surface area contributed by atoms with Crippen LogP contribution in [0, 0.1) is 23.2 Å². The molecule has 1 N–H and O–H groups in total. The van der Waals surface area contributed by atoms with Gasteiger partial charge < -0.3 is 5.32 Å². The Morgan fingerprint density at radius 3 is 2.25 bits per heavy atom. The molecule has 2 heteroatoms. The van der Waals surface area contributed by atoms with Crippen LogP contribution >= 0.6 is 11.6 Å². The Morgan fingerprint density at radius 1 is 1.00 bits per heavy atom. The van der Waals surface area contributed by atoms with Crippen molar-refractivity contribution in [2.24, 2.45) is 23.2 Å². The molecule has 1 nitrogen and oxygen atoms in total. The van der Waals surface area contributed by atoms with Crippen LogP contribution in [0.3, 0.4) is 0 Å². The van der Waals surface area contributed by atoms with Crippen molar-refractivity contribution in [2.75, 3.05) is 0 Å². The van der Waals surface area contributed by atoms with Crippen molar-refractivity contribution in [1.82, 2.24) is 5.32 Å². The largest absolute Gasteiger partial charge is 0.311 e. The monoisotopic (exact) mass is 399 g/mol. The Bertz CT molecular complexity index is 673. The first-order valence-corrected chi connectivity index (χ1v) is 12.4. The number of hydrogen-bond donors (Lipinski definition) is 1. The van der Waals surface area contributed by atoms with E-state index >= 15 is 0 Å². The van der Waals surface area contributed by atoms with E-state index in [-0.39, 0.29) is 0 Å². The summed E-state index contributed by atoms with van der Waals surface area (Å²) < 4.78 is 0. The van der Waals surface area contributed by atoms with Crippen molar-refractivity contribution >= 4 is 11.6 Å². The minimum Gasteiger partial charge on any atom is -0.311 e. The van der Waals surface area contributed by atoms with Crippen LogP contribution < -0.4 is 5.32 Å². The van der Waals surface area contributed by atoms with E-state index in [1.54, 1.807) is 5.56 Å². The molecule has 5 aliphatic carbocycles.